The molecular weight excluding hydrogens is 991 g/mol. The Morgan fingerprint density at radius 3 is 1.25 bits per heavy atom. The van der Waals surface area contributed by atoms with Crippen LogP contribution in [0.1, 0.15) is 335 Å². The van der Waals surface area contributed by atoms with Crippen molar-refractivity contribution < 1.29 is 49.3 Å². The summed E-state index contributed by atoms with van der Waals surface area (Å²) < 4.78 is 16.7. The summed E-state index contributed by atoms with van der Waals surface area (Å²) in [6, 6.07) is -0.823. The Balaban J connectivity index is 1.95. The van der Waals surface area contributed by atoms with E-state index in [-0.39, 0.29) is 18.5 Å². The summed E-state index contributed by atoms with van der Waals surface area (Å²) in [6.07, 6.45) is 61.7. The number of ether oxygens (including phenoxy) is 3. The number of rotatable bonds is 60. The molecule has 1 heterocycles. The van der Waals surface area contributed by atoms with Crippen LogP contribution in [0, 0.1) is 0 Å². The molecule has 1 aliphatic rings. The number of hydrogen-bond donors (Lipinski definition) is 6. The highest BCUT2D eigenvalue weighted by Gasteiger charge is 2.44. The highest BCUT2D eigenvalue weighted by Crippen LogP contribution is 2.23. The van der Waals surface area contributed by atoms with Crippen LogP contribution in [0.2, 0.25) is 0 Å². The molecule has 1 aliphatic heterocycles. The van der Waals surface area contributed by atoms with Crippen LogP contribution in [-0.2, 0) is 23.8 Å². The summed E-state index contributed by atoms with van der Waals surface area (Å²) in [7, 11) is 0. The average Bonchev–Trinajstić information content (AvgIpc) is 3.49. The van der Waals surface area contributed by atoms with Crippen LogP contribution in [0.15, 0.2) is 24.3 Å². The fourth-order valence-corrected chi connectivity index (χ4v) is 10.9. The maximum Gasteiger partial charge on any atom is 0.305 e. The van der Waals surface area contributed by atoms with E-state index in [9.17, 15) is 35.1 Å². The molecule has 11 heteroatoms. The quantitative estimate of drug-likeness (QED) is 0.0195. The van der Waals surface area contributed by atoms with Gasteiger partial charge < -0.3 is 45.1 Å². The van der Waals surface area contributed by atoms with Gasteiger partial charge in [0.1, 0.15) is 24.4 Å². The standard InChI is InChI=1S/C68H129NO10/c1-3-5-7-9-11-13-34-38-42-46-50-54-61(71)60(59-78-68-67(76)66(75)65(74)62(58-70)79-68)69-63(72)55-51-47-43-39-36-32-30-28-26-24-22-20-18-16-15-17-19-21-23-25-27-29-31-33-37-41-45-49-53-57-77-64(73)56-52-48-44-40-35-14-12-10-8-6-4-2/h34,38,50,54,60-62,65-68,70-71,74-76H,3-33,35-37,39-49,51-53,55-59H2,1-2H3,(H,69,72)/b38-34+,54-50+. The van der Waals surface area contributed by atoms with Gasteiger partial charge in [0.15, 0.2) is 6.29 Å². The second-order valence-corrected chi connectivity index (χ2v) is 23.9. The lowest BCUT2D eigenvalue weighted by molar-refractivity contribution is -0.302. The van der Waals surface area contributed by atoms with Crippen molar-refractivity contribution in [3.63, 3.8) is 0 Å². The number of allylic oxidation sites excluding steroid dienone is 3. The number of hydrogen-bond acceptors (Lipinski definition) is 10. The van der Waals surface area contributed by atoms with E-state index < -0.39 is 49.5 Å². The molecule has 0 bridgehead atoms. The Bertz CT molecular complexity index is 1360. The second-order valence-electron chi connectivity index (χ2n) is 23.9. The van der Waals surface area contributed by atoms with Crippen LogP contribution in [0.5, 0.6) is 0 Å². The van der Waals surface area contributed by atoms with Crippen LogP contribution in [0.3, 0.4) is 0 Å². The Labute approximate surface area is 486 Å². The molecule has 1 fully saturated rings. The number of amides is 1. The molecular formula is C68H129NO10. The summed E-state index contributed by atoms with van der Waals surface area (Å²) in [5, 5.41) is 54.3. The van der Waals surface area contributed by atoms with Crippen molar-refractivity contribution in [2.45, 2.75) is 378 Å². The van der Waals surface area contributed by atoms with Crippen molar-refractivity contribution >= 4 is 11.9 Å². The van der Waals surface area contributed by atoms with Crippen molar-refractivity contribution in [1.82, 2.24) is 5.32 Å². The summed E-state index contributed by atoms with van der Waals surface area (Å²) in [5.74, 6) is -0.177. The first-order chi connectivity index (χ1) is 38.7. The topological polar surface area (TPSA) is 175 Å². The largest absolute Gasteiger partial charge is 0.466 e. The number of nitrogens with one attached hydrogen (secondary N) is 1. The lowest BCUT2D eigenvalue weighted by Crippen LogP contribution is -2.60. The van der Waals surface area contributed by atoms with Gasteiger partial charge in [0.25, 0.3) is 0 Å². The monoisotopic (exact) mass is 1120 g/mol. The molecule has 0 saturated carbocycles. The van der Waals surface area contributed by atoms with Gasteiger partial charge in [0.05, 0.1) is 32.0 Å². The molecule has 0 aromatic rings. The van der Waals surface area contributed by atoms with E-state index in [0.29, 0.717) is 19.4 Å². The summed E-state index contributed by atoms with van der Waals surface area (Å²) in [6.45, 7) is 4.33. The van der Waals surface area contributed by atoms with Crippen molar-refractivity contribution in [3.05, 3.63) is 24.3 Å². The highest BCUT2D eigenvalue weighted by molar-refractivity contribution is 5.76. The van der Waals surface area contributed by atoms with E-state index >= 15 is 0 Å². The van der Waals surface area contributed by atoms with Gasteiger partial charge in [-0.25, -0.2) is 0 Å². The zero-order chi connectivity index (χ0) is 57.3. The maximum atomic E-state index is 13.0. The lowest BCUT2D eigenvalue weighted by atomic mass is 9.99. The highest BCUT2D eigenvalue weighted by atomic mass is 16.7. The van der Waals surface area contributed by atoms with Gasteiger partial charge in [-0.2, -0.15) is 0 Å². The fraction of sp³-hybridized carbons (Fsp3) is 0.912. The predicted octanol–water partition coefficient (Wildman–Crippen LogP) is 16.8. The van der Waals surface area contributed by atoms with E-state index in [2.05, 4.69) is 31.3 Å². The summed E-state index contributed by atoms with van der Waals surface area (Å²) in [4.78, 5) is 25.1. The molecule has 0 aliphatic carbocycles. The summed E-state index contributed by atoms with van der Waals surface area (Å²) >= 11 is 0. The van der Waals surface area contributed by atoms with Crippen LogP contribution in [0.4, 0.5) is 0 Å². The van der Waals surface area contributed by atoms with E-state index in [1.807, 2.05) is 6.08 Å². The molecule has 7 unspecified atom stereocenters. The average molecular weight is 1120 g/mol. The van der Waals surface area contributed by atoms with Gasteiger partial charge in [-0.3, -0.25) is 9.59 Å². The predicted molar refractivity (Wildman–Crippen MR) is 329 cm³/mol. The minimum absolute atomic E-state index is 0.0106. The van der Waals surface area contributed by atoms with Gasteiger partial charge in [-0.05, 0) is 44.9 Å². The molecule has 6 N–H and O–H groups in total. The molecule has 1 saturated heterocycles. The number of unbranched alkanes of at least 4 members (excludes halogenated alkanes) is 44. The number of carbonyl (C=O) groups excluding carboxylic acids is 2. The molecule has 1 rings (SSSR count). The number of carbonyl (C=O) groups is 2. The first-order valence-electron chi connectivity index (χ1n) is 34.1. The minimum Gasteiger partial charge on any atom is -0.466 e. The van der Waals surface area contributed by atoms with E-state index in [4.69, 9.17) is 14.2 Å². The Morgan fingerprint density at radius 2 is 0.823 bits per heavy atom. The Hall–Kier alpha value is -1.86. The zero-order valence-electron chi connectivity index (χ0n) is 51.6. The second kappa shape index (κ2) is 57.9. The zero-order valence-corrected chi connectivity index (χ0v) is 51.6. The number of aliphatic hydroxyl groups is 5. The fourth-order valence-electron chi connectivity index (χ4n) is 10.9. The third-order valence-corrected chi connectivity index (χ3v) is 16.3. The SMILES string of the molecule is CCCCCCC/C=C/CC/C=C/C(O)C(COC1OC(CO)C(O)C(O)C1O)NC(=O)CCCCCCCCCCCCCCCCCCCCCCCCCCCCCCCOC(=O)CCCCCCCCCCCCC. The Morgan fingerprint density at radius 1 is 0.456 bits per heavy atom. The molecule has 466 valence electrons. The molecule has 11 nitrogen and oxygen atoms in total. The van der Waals surface area contributed by atoms with Crippen molar-refractivity contribution in [2.75, 3.05) is 19.8 Å². The molecule has 0 aromatic heterocycles. The van der Waals surface area contributed by atoms with Crippen molar-refractivity contribution in [1.29, 1.82) is 0 Å². The third-order valence-electron chi connectivity index (χ3n) is 16.3. The minimum atomic E-state index is -1.57. The molecule has 1 amide bonds. The molecule has 0 spiro atoms. The van der Waals surface area contributed by atoms with Gasteiger partial charge in [0.2, 0.25) is 5.91 Å². The molecule has 0 aromatic carbocycles. The van der Waals surface area contributed by atoms with Crippen LogP contribution < -0.4 is 5.32 Å². The summed E-state index contributed by atoms with van der Waals surface area (Å²) in [5.41, 5.74) is 0. The molecule has 7 atom stereocenters. The third kappa shape index (κ3) is 47.2. The van der Waals surface area contributed by atoms with Gasteiger partial charge >= 0.3 is 5.97 Å². The molecule has 79 heavy (non-hydrogen) atoms. The van der Waals surface area contributed by atoms with Crippen LogP contribution in [0.25, 0.3) is 0 Å². The normalized spacial score (nSPS) is 18.5. The van der Waals surface area contributed by atoms with Crippen molar-refractivity contribution in [2.24, 2.45) is 0 Å². The smallest absolute Gasteiger partial charge is 0.305 e. The lowest BCUT2D eigenvalue weighted by Gasteiger charge is -2.40. The van der Waals surface area contributed by atoms with Crippen LogP contribution in [-0.4, -0.2) is 100 Å². The number of esters is 1. The van der Waals surface area contributed by atoms with Crippen molar-refractivity contribution in [3.8, 4) is 0 Å². The first kappa shape index (κ1) is 75.2. The van der Waals surface area contributed by atoms with Gasteiger partial charge in [-0.15, -0.1) is 0 Å². The maximum absolute atomic E-state index is 13.0. The first-order valence-corrected chi connectivity index (χ1v) is 34.1. The van der Waals surface area contributed by atoms with Gasteiger partial charge in [-0.1, -0.05) is 301 Å². The Kier molecular flexibility index (Phi) is 55.1. The van der Waals surface area contributed by atoms with E-state index in [0.717, 1.165) is 51.4 Å². The van der Waals surface area contributed by atoms with Crippen LogP contribution >= 0.6 is 0 Å². The number of aliphatic hydroxyl groups excluding tert-OH is 5. The van der Waals surface area contributed by atoms with Gasteiger partial charge in [0, 0.05) is 12.8 Å². The van der Waals surface area contributed by atoms with E-state index in [1.165, 1.54) is 257 Å². The molecule has 0 radical (unpaired) electrons. The van der Waals surface area contributed by atoms with E-state index in [1.54, 1.807) is 6.08 Å².